The van der Waals surface area contributed by atoms with Crippen molar-refractivity contribution in [3.8, 4) is 0 Å². The number of aromatic nitrogens is 3. The van der Waals surface area contributed by atoms with E-state index in [-0.39, 0.29) is 22.8 Å². The zero-order valence-corrected chi connectivity index (χ0v) is 27.0. The number of piperazine rings is 1. The van der Waals surface area contributed by atoms with Crippen molar-refractivity contribution in [2.75, 3.05) is 42.5 Å². The Labute approximate surface area is 270 Å². The van der Waals surface area contributed by atoms with E-state index in [0.717, 1.165) is 99.4 Å². The molecule has 1 N–H and O–H groups in total. The molecule has 4 aromatic rings. The maximum atomic E-state index is 15.9. The third-order valence-corrected chi connectivity index (χ3v) is 10.6. The number of hydrogen-bond donors (Lipinski definition) is 1. The normalized spacial score (nSPS) is 21.0. The second-order valence-corrected chi connectivity index (χ2v) is 14.2. The van der Waals surface area contributed by atoms with Crippen LogP contribution in [0.3, 0.4) is 0 Å². The van der Waals surface area contributed by atoms with E-state index in [1.54, 1.807) is 0 Å². The number of halogens is 1. The molecule has 2 saturated carbocycles. The van der Waals surface area contributed by atoms with Gasteiger partial charge < -0.3 is 19.7 Å². The van der Waals surface area contributed by atoms with Gasteiger partial charge in [-0.15, -0.1) is 0 Å². The maximum absolute atomic E-state index is 15.9. The fourth-order valence-electron chi connectivity index (χ4n) is 7.68. The first-order valence-electron chi connectivity index (χ1n) is 17.0. The van der Waals surface area contributed by atoms with Crippen LogP contribution in [0.1, 0.15) is 67.1 Å². The van der Waals surface area contributed by atoms with Crippen molar-refractivity contribution in [1.82, 2.24) is 24.8 Å². The van der Waals surface area contributed by atoms with Gasteiger partial charge in [-0.25, -0.2) is 4.39 Å². The van der Waals surface area contributed by atoms with E-state index in [0.29, 0.717) is 30.2 Å². The highest BCUT2D eigenvalue weighted by Crippen LogP contribution is 2.41. The summed E-state index contributed by atoms with van der Waals surface area (Å²) in [7, 11) is 0. The summed E-state index contributed by atoms with van der Waals surface area (Å²) >= 11 is 0. The molecule has 2 aliphatic heterocycles. The number of piperidine rings is 1. The summed E-state index contributed by atoms with van der Waals surface area (Å²) in [6.45, 7) is 9.57. The average molecular weight is 622 g/mol. The number of aryl methyl sites for hydroxylation is 2. The fourth-order valence-corrected chi connectivity index (χ4v) is 7.68. The zero-order chi connectivity index (χ0) is 31.4. The molecule has 2 aliphatic carbocycles. The molecule has 1 atom stereocenters. The van der Waals surface area contributed by atoms with E-state index in [9.17, 15) is 4.79 Å². The second-order valence-electron chi connectivity index (χ2n) is 14.2. The largest absolute Gasteiger partial charge is 0.369 e. The maximum Gasteiger partial charge on any atom is 0.193 e. The lowest BCUT2D eigenvalue weighted by Gasteiger charge is -2.40. The van der Waals surface area contributed by atoms with Gasteiger partial charge >= 0.3 is 0 Å². The molecule has 5 heterocycles. The molecule has 0 unspecified atom stereocenters. The predicted octanol–water partition coefficient (Wildman–Crippen LogP) is 5.50. The van der Waals surface area contributed by atoms with Crippen molar-refractivity contribution in [3.05, 3.63) is 93.5 Å². The zero-order valence-electron chi connectivity index (χ0n) is 27.0. The molecule has 46 heavy (non-hydrogen) atoms. The third-order valence-electron chi connectivity index (χ3n) is 10.6. The highest BCUT2D eigenvalue weighted by Gasteiger charge is 2.46. The van der Waals surface area contributed by atoms with Gasteiger partial charge in [-0.2, -0.15) is 0 Å². The minimum absolute atomic E-state index is 0.0531. The Morgan fingerprint density at radius 2 is 1.87 bits per heavy atom. The molecule has 8 nitrogen and oxygen atoms in total. The number of nitrogens with one attached hydrogen (secondary N) is 1. The Bertz CT molecular complexity index is 1810. The predicted molar refractivity (Wildman–Crippen MR) is 181 cm³/mol. The summed E-state index contributed by atoms with van der Waals surface area (Å²) in [4.78, 5) is 30.3. The molecule has 9 heteroatoms. The molecule has 2 saturated heterocycles. The van der Waals surface area contributed by atoms with Crippen LogP contribution in [0.15, 0.2) is 59.8 Å². The quantitative estimate of drug-likeness (QED) is 0.279. The number of anilines is 2. The summed E-state index contributed by atoms with van der Waals surface area (Å²) in [6.07, 6.45) is 12.5. The minimum Gasteiger partial charge on any atom is -0.369 e. The van der Waals surface area contributed by atoms with E-state index in [1.807, 2.05) is 32.3 Å². The highest BCUT2D eigenvalue weighted by atomic mass is 19.1. The van der Waals surface area contributed by atoms with Crippen LogP contribution < -0.4 is 20.5 Å². The molecular formula is C37H44FN7O. The Morgan fingerprint density at radius 3 is 2.63 bits per heavy atom. The van der Waals surface area contributed by atoms with Crippen LogP contribution in [-0.2, 0) is 13.1 Å². The van der Waals surface area contributed by atoms with Crippen LogP contribution >= 0.6 is 0 Å². The van der Waals surface area contributed by atoms with Crippen LogP contribution in [-0.4, -0.2) is 63.7 Å². The Morgan fingerprint density at radius 1 is 1.00 bits per heavy atom. The van der Waals surface area contributed by atoms with Gasteiger partial charge in [0.15, 0.2) is 5.43 Å². The Kier molecular flexibility index (Phi) is 7.56. The van der Waals surface area contributed by atoms with Crippen molar-refractivity contribution in [2.45, 2.75) is 83.1 Å². The van der Waals surface area contributed by atoms with Crippen LogP contribution in [0, 0.1) is 19.7 Å². The Balaban J connectivity index is 1.15. The van der Waals surface area contributed by atoms with E-state index >= 15 is 4.39 Å². The third kappa shape index (κ3) is 5.91. The van der Waals surface area contributed by atoms with Crippen LogP contribution in [0.25, 0.3) is 10.9 Å². The van der Waals surface area contributed by atoms with Gasteiger partial charge in [-0.3, -0.25) is 19.7 Å². The summed E-state index contributed by atoms with van der Waals surface area (Å²) in [6, 6.07) is 12.5. The lowest BCUT2D eigenvalue weighted by Crippen LogP contribution is -2.52. The van der Waals surface area contributed by atoms with Gasteiger partial charge in [0.25, 0.3) is 0 Å². The number of rotatable bonds is 8. The molecule has 0 amide bonds. The molecule has 0 radical (unpaired) electrons. The van der Waals surface area contributed by atoms with Gasteiger partial charge in [0.2, 0.25) is 0 Å². The van der Waals surface area contributed by atoms with Gasteiger partial charge in [-0.1, -0.05) is 0 Å². The molecule has 0 bridgehead atoms. The summed E-state index contributed by atoms with van der Waals surface area (Å²) in [5, 5.41) is 4.13. The number of pyridine rings is 3. The smallest absolute Gasteiger partial charge is 0.193 e. The molecule has 3 aromatic heterocycles. The molecule has 1 aromatic carbocycles. The van der Waals surface area contributed by atoms with E-state index in [2.05, 4.69) is 65.0 Å². The number of fused-ring (bicyclic) bond motifs is 1. The molecule has 4 fully saturated rings. The molecular weight excluding hydrogens is 577 g/mol. The Hall–Kier alpha value is -3.82. The van der Waals surface area contributed by atoms with Crippen molar-refractivity contribution in [1.29, 1.82) is 0 Å². The lowest BCUT2D eigenvalue weighted by molar-refractivity contribution is 0.158. The van der Waals surface area contributed by atoms with Gasteiger partial charge in [-0.05, 0) is 94.3 Å². The summed E-state index contributed by atoms with van der Waals surface area (Å²) in [5.41, 5.74) is 6.64. The molecule has 4 aliphatic rings. The standard InChI is InChI=1S/C37H44FN7O/c1-25-5-6-30(19-40-25)42-14-3-4-31(23-42)44(20-27-9-12-39-26(2)16-27)21-28-22-45(29-7-8-29)34-18-35(33(38)17-32(34)36(28)46)43-15-13-41-37(24-43)10-11-37/h5-6,9,12,16-19,22,29,31,41H,3-4,7-8,10-11,13-15,20-21,23-24H2,1-2H3/t31-/m0/s1. The highest BCUT2D eigenvalue weighted by molar-refractivity contribution is 5.84. The SMILES string of the molecule is Cc1ccc(N2CCC[C@H](N(Cc3ccnc(C)c3)Cc3cn(C4CC4)c4cc(N5CCNC6(CC6)C5)c(F)cc4c3=O)C2)cn1. The van der Waals surface area contributed by atoms with Crippen LogP contribution in [0.4, 0.5) is 15.8 Å². The van der Waals surface area contributed by atoms with Crippen molar-refractivity contribution in [3.63, 3.8) is 0 Å². The average Bonchev–Trinajstić information content (AvgIpc) is 4.01. The van der Waals surface area contributed by atoms with Crippen molar-refractivity contribution >= 4 is 22.3 Å². The van der Waals surface area contributed by atoms with E-state index in [4.69, 9.17) is 0 Å². The molecule has 240 valence electrons. The first-order chi connectivity index (χ1) is 22.3. The van der Waals surface area contributed by atoms with Crippen molar-refractivity contribution < 1.29 is 4.39 Å². The first-order valence-corrected chi connectivity index (χ1v) is 17.0. The topological polar surface area (TPSA) is 69.5 Å². The van der Waals surface area contributed by atoms with Gasteiger partial charge in [0, 0.05) is 98.2 Å². The number of nitrogens with zero attached hydrogens (tertiary/aromatic N) is 6. The van der Waals surface area contributed by atoms with Crippen LogP contribution in [0.2, 0.25) is 0 Å². The fraction of sp³-hybridized carbons (Fsp3) is 0.486. The van der Waals surface area contributed by atoms with Crippen LogP contribution in [0.5, 0.6) is 0 Å². The summed E-state index contributed by atoms with van der Waals surface area (Å²) in [5.74, 6) is -0.291. The summed E-state index contributed by atoms with van der Waals surface area (Å²) < 4.78 is 18.2. The first kappa shape index (κ1) is 29.6. The van der Waals surface area contributed by atoms with E-state index < -0.39 is 0 Å². The van der Waals surface area contributed by atoms with Gasteiger partial charge in [0.05, 0.1) is 23.1 Å². The van der Waals surface area contributed by atoms with Crippen molar-refractivity contribution in [2.24, 2.45) is 0 Å². The molecule has 8 rings (SSSR count). The second kappa shape index (κ2) is 11.8. The van der Waals surface area contributed by atoms with Gasteiger partial charge in [0.1, 0.15) is 5.82 Å². The number of hydrogen-bond acceptors (Lipinski definition) is 7. The minimum atomic E-state index is -0.291. The monoisotopic (exact) mass is 621 g/mol. The molecule has 1 spiro atoms. The lowest BCUT2D eigenvalue weighted by atomic mass is 10.0. The van der Waals surface area contributed by atoms with E-state index in [1.165, 1.54) is 11.6 Å². The number of benzene rings is 1.